The highest BCUT2D eigenvalue weighted by Crippen LogP contribution is 2.33. The maximum atomic E-state index is 12.6. The summed E-state index contributed by atoms with van der Waals surface area (Å²) in [4.78, 5) is 13.3. The van der Waals surface area contributed by atoms with Crippen LogP contribution < -0.4 is 10.5 Å². The standard InChI is InChI=1S/C12H19N3O4S2/c1-3-19-10-8-11(20-9(10)2)21(17,18)15-6-4-14(5-7-15)12(13)16/h8H,3-7H2,1-2H3,(H2,13,16). The molecule has 9 heteroatoms. The Balaban J connectivity index is 2.15. The number of sulfonamides is 1. The van der Waals surface area contributed by atoms with Gasteiger partial charge in [0.05, 0.1) is 6.61 Å². The molecule has 0 spiro atoms. The van der Waals surface area contributed by atoms with Gasteiger partial charge in [0.1, 0.15) is 9.96 Å². The minimum atomic E-state index is -3.54. The summed E-state index contributed by atoms with van der Waals surface area (Å²) in [5, 5.41) is 0. The number of piperazine rings is 1. The van der Waals surface area contributed by atoms with E-state index in [0.717, 1.165) is 4.88 Å². The van der Waals surface area contributed by atoms with Crippen molar-refractivity contribution in [2.45, 2.75) is 18.1 Å². The van der Waals surface area contributed by atoms with E-state index in [4.69, 9.17) is 10.5 Å². The molecule has 1 saturated heterocycles. The summed E-state index contributed by atoms with van der Waals surface area (Å²) in [6.07, 6.45) is 0. The fraction of sp³-hybridized carbons (Fsp3) is 0.583. The number of hydrogen-bond acceptors (Lipinski definition) is 5. The first-order valence-corrected chi connectivity index (χ1v) is 8.89. The van der Waals surface area contributed by atoms with E-state index in [1.54, 1.807) is 6.07 Å². The molecule has 1 aromatic rings. The van der Waals surface area contributed by atoms with Gasteiger partial charge >= 0.3 is 6.03 Å². The number of ether oxygens (including phenoxy) is 1. The third-order valence-electron chi connectivity index (χ3n) is 3.29. The van der Waals surface area contributed by atoms with E-state index in [2.05, 4.69) is 0 Å². The van der Waals surface area contributed by atoms with Crippen molar-refractivity contribution in [3.8, 4) is 5.75 Å². The van der Waals surface area contributed by atoms with E-state index in [0.29, 0.717) is 25.4 Å². The van der Waals surface area contributed by atoms with Crippen LogP contribution in [-0.2, 0) is 10.0 Å². The van der Waals surface area contributed by atoms with Crippen LogP contribution in [0.1, 0.15) is 11.8 Å². The van der Waals surface area contributed by atoms with Crippen LogP contribution in [0.4, 0.5) is 4.79 Å². The Bertz CT molecular complexity index is 618. The summed E-state index contributed by atoms with van der Waals surface area (Å²) in [6, 6.07) is 1.05. The van der Waals surface area contributed by atoms with Gasteiger partial charge < -0.3 is 15.4 Å². The molecule has 0 atom stereocenters. The Kier molecular flexibility index (Phi) is 4.74. The highest BCUT2D eigenvalue weighted by molar-refractivity contribution is 7.91. The Morgan fingerprint density at radius 2 is 2.00 bits per heavy atom. The summed E-state index contributed by atoms with van der Waals surface area (Å²) in [5.74, 6) is 0.608. The molecular formula is C12H19N3O4S2. The molecule has 21 heavy (non-hydrogen) atoms. The third-order valence-corrected chi connectivity index (χ3v) is 6.67. The second-order valence-corrected chi connectivity index (χ2v) is 8.07. The molecule has 1 aliphatic rings. The maximum absolute atomic E-state index is 12.6. The molecule has 2 N–H and O–H groups in total. The van der Waals surface area contributed by atoms with Crippen LogP contribution in [0.15, 0.2) is 10.3 Å². The predicted octanol–water partition coefficient (Wildman–Crippen LogP) is 0.840. The first-order valence-electron chi connectivity index (χ1n) is 6.64. The van der Waals surface area contributed by atoms with Crippen LogP contribution in [-0.4, -0.2) is 56.4 Å². The maximum Gasteiger partial charge on any atom is 0.314 e. The zero-order chi connectivity index (χ0) is 15.6. The summed E-state index contributed by atoms with van der Waals surface area (Å²) < 4.78 is 32.2. The summed E-state index contributed by atoms with van der Waals surface area (Å²) in [7, 11) is -3.54. The number of thiophene rings is 1. The van der Waals surface area contributed by atoms with Gasteiger partial charge in [-0.15, -0.1) is 11.3 Å². The highest BCUT2D eigenvalue weighted by Gasteiger charge is 2.31. The number of carbonyl (C=O) groups is 1. The Morgan fingerprint density at radius 3 is 2.52 bits per heavy atom. The van der Waals surface area contributed by atoms with Crippen molar-refractivity contribution in [3.05, 3.63) is 10.9 Å². The van der Waals surface area contributed by atoms with E-state index < -0.39 is 16.1 Å². The number of hydrogen-bond donors (Lipinski definition) is 1. The van der Waals surface area contributed by atoms with Gasteiger partial charge in [0, 0.05) is 37.1 Å². The number of urea groups is 1. The van der Waals surface area contributed by atoms with E-state index >= 15 is 0 Å². The average Bonchev–Trinajstić information content (AvgIpc) is 2.81. The summed E-state index contributed by atoms with van der Waals surface area (Å²) in [6.45, 7) is 5.33. The molecule has 2 heterocycles. The van der Waals surface area contributed by atoms with Gasteiger partial charge in [-0.3, -0.25) is 0 Å². The molecule has 0 aromatic carbocycles. The van der Waals surface area contributed by atoms with E-state index in [-0.39, 0.29) is 17.3 Å². The van der Waals surface area contributed by atoms with Crippen molar-refractivity contribution in [3.63, 3.8) is 0 Å². The molecule has 118 valence electrons. The van der Waals surface area contributed by atoms with E-state index in [1.165, 1.54) is 20.5 Å². The van der Waals surface area contributed by atoms with Crippen molar-refractivity contribution in [2.75, 3.05) is 32.8 Å². The van der Waals surface area contributed by atoms with E-state index in [1.807, 2.05) is 13.8 Å². The highest BCUT2D eigenvalue weighted by atomic mass is 32.2. The number of nitrogens with zero attached hydrogens (tertiary/aromatic N) is 2. The monoisotopic (exact) mass is 333 g/mol. The van der Waals surface area contributed by atoms with Crippen molar-refractivity contribution in [1.29, 1.82) is 0 Å². The lowest BCUT2D eigenvalue weighted by molar-refractivity contribution is 0.181. The van der Waals surface area contributed by atoms with Gasteiger partial charge in [-0.05, 0) is 13.8 Å². The number of nitrogens with two attached hydrogens (primary N) is 1. The van der Waals surface area contributed by atoms with Crippen LogP contribution >= 0.6 is 11.3 Å². The van der Waals surface area contributed by atoms with Crippen molar-refractivity contribution in [2.24, 2.45) is 5.73 Å². The van der Waals surface area contributed by atoms with Crippen LogP contribution in [0, 0.1) is 6.92 Å². The lowest BCUT2D eigenvalue weighted by Gasteiger charge is -2.32. The lowest BCUT2D eigenvalue weighted by atomic mass is 10.4. The minimum Gasteiger partial charge on any atom is -0.493 e. The number of amides is 2. The fourth-order valence-corrected chi connectivity index (χ4v) is 5.09. The number of primary amides is 1. The molecule has 1 fully saturated rings. The number of rotatable bonds is 4. The molecule has 0 saturated carbocycles. The van der Waals surface area contributed by atoms with Crippen LogP contribution in [0.3, 0.4) is 0 Å². The molecule has 0 aliphatic carbocycles. The predicted molar refractivity (Wildman–Crippen MR) is 80.1 cm³/mol. The number of carbonyl (C=O) groups excluding carboxylic acids is 1. The average molecular weight is 333 g/mol. The molecule has 7 nitrogen and oxygen atoms in total. The lowest BCUT2D eigenvalue weighted by Crippen LogP contribution is -2.51. The van der Waals surface area contributed by atoms with Gasteiger partial charge in [0.2, 0.25) is 0 Å². The van der Waals surface area contributed by atoms with Crippen LogP contribution in [0.5, 0.6) is 5.75 Å². The molecule has 1 aromatic heterocycles. The second kappa shape index (κ2) is 6.20. The first kappa shape index (κ1) is 16.1. The summed E-state index contributed by atoms with van der Waals surface area (Å²) in [5.41, 5.74) is 5.19. The van der Waals surface area contributed by atoms with Gasteiger partial charge in [-0.2, -0.15) is 4.31 Å². The Hall–Kier alpha value is -1.32. The zero-order valence-electron chi connectivity index (χ0n) is 12.0. The quantitative estimate of drug-likeness (QED) is 0.883. The first-order chi connectivity index (χ1) is 9.86. The van der Waals surface area contributed by atoms with Crippen LogP contribution in [0.2, 0.25) is 0 Å². The minimum absolute atomic E-state index is 0.256. The SMILES string of the molecule is CCOc1cc(S(=O)(=O)N2CCN(C(N)=O)CC2)sc1C. The second-order valence-electron chi connectivity index (χ2n) is 4.65. The van der Waals surface area contributed by atoms with Gasteiger partial charge in [-0.1, -0.05) is 0 Å². The summed E-state index contributed by atoms with van der Waals surface area (Å²) >= 11 is 1.20. The molecule has 1 aliphatic heterocycles. The fourth-order valence-electron chi connectivity index (χ4n) is 2.14. The molecular weight excluding hydrogens is 314 g/mol. The Labute approximate surface area is 128 Å². The Morgan fingerprint density at radius 1 is 1.38 bits per heavy atom. The normalized spacial score (nSPS) is 17.0. The molecule has 2 rings (SSSR count). The van der Waals surface area contributed by atoms with Crippen LogP contribution in [0.25, 0.3) is 0 Å². The molecule has 0 unspecified atom stereocenters. The number of aryl methyl sites for hydroxylation is 1. The third kappa shape index (κ3) is 3.30. The largest absolute Gasteiger partial charge is 0.493 e. The van der Waals surface area contributed by atoms with Gasteiger partial charge in [-0.25, -0.2) is 13.2 Å². The van der Waals surface area contributed by atoms with E-state index in [9.17, 15) is 13.2 Å². The van der Waals surface area contributed by atoms with Gasteiger partial charge in [0.25, 0.3) is 10.0 Å². The zero-order valence-corrected chi connectivity index (χ0v) is 13.7. The topological polar surface area (TPSA) is 92.9 Å². The smallest absolute Gasteiger partial charge is 0.314 e. The van der Waals surface area contributed by atoms with Crippen molar-refractivity contribution >= 4 is 27.4 Å². The molecule has 2 amide bonds. The van der Waals surface area contributed by atoms with Gasteiger partial charge in [0.15, 0.2) is 0 Å². The molecule has 0 radical (unpaired) electrons. The van der Waals surface area contributed by atoms with Crippen molar-refractivity contribution < 1.29 is 17.9 Å². The molecule has 0 bridgehead atoms. The van der Waals surface area contributed by atoms with Crippen molar-refractivity contribution in [1.82, 2.24) is 9.21 Å².